The van der Waals surface area contributed by atoms with Crippen molar-refractivity contribution < 1.29 is 28.8 Å². The summed E-state index contributed by atoms with van der Waals surface area (Å²) in [7, 11) is 0. The molecular formula is C25H33N3O7. The lowest BCUT2D eigenvalue weighted by Crippen LogP contribution is -2.48. The number of amides is 1. The minimum Gasteiger partial charge on any atom is -0.464 e. The molecule has 0 fully saturated rings. The van der Waals surface area contributed by atoms with E-state index in [1.807, 2.05) is 0 Å². The van der Waals surface area contributed by atoms with Crippen LogP contribution in [0.25, 0.3) is 0 Å². The van der Waals surface area contributed by atoms with Crippen LogP contribution in [0.3, 0.4) is 0 Å². The molecule has 1 aliphatic heterocycles. The number of ether oxygens (including phenoxy) is 2. The van der Waals surface area contributed by atoms with Gasteiger partial charge in [0.15, 0.2) is 0 Å². The molecule has 1 N–H and O–H groups in total. The number of non-ortho nitro benzene ring substituents is 1. The molecule has 10 heteroatoms. The molecule has 1 heterocycles. The fraction of sp³-hybridized carbons (Fsp3) is 0.520. The van der Waals surface area contributed by atoms with E-state index >= 15 is 0 Å². The molecule has 1 aromatic rings. The van der Waals surface area contributed by atoms with Crippen LogP contribution >= 0.6 is 0 Å². The largest absolute Gasteiger partial charge is 0.464 e. The third-order valence-corrected chi connectivity index (χ3v) is 5.61. The third kappa shape index (κ3) is 6.52. The minimum atomic E-state index is -0.982. The van der Waals surface area contributed by atoms with Crippen molar-refractivity contribution >= 4 is 29.2 Å². The van der Waals surface area contributed by atoms with Crippen LogP contribution in [0, 0.1) is 22.0 Å². The Hall–Kier alpha value is -3.56. The second-order valence-corrected chi connectivity index (χ2v) is 8.99. The third-order valence-electron chi connectivity index (χ3n) is 5.61. The lowest BCUT2D eigenvalue weighted by Gasteiger charge is -2.33. The van der Waals surface area contributed by atoms with Gasteiger partial charge in [0.05, 0.1) is 17.6 Å². The Morgan fingerprint density at radius 3 is 2.37 bits per heavy atom. The number of nitrogens with zero attached hydrogens (tertiary/aromatic N) is 2. The van der Waals surface area contributed by atoms with Gasteiger partial charge in [0.2, 0.25) is 5.91 Å². The predicted octanol–water partition coefficient (Wildman–Crippen LogP) is 3.70. The molecule has 10 nitrogen and oxygen atoms in total. The average molecular weight is 488 g/mol. The van der Waals surface area contributed by atoms with Crippen LogP contribution in [-0.4, -0.2) is 47.2 Å². The molecule has 0 aliphatic carbocycles. The first-order chi connectivity index (χ1) is 16.4. The summed E-state index contributed by atoms with van der Waals surface area (Å²) in [5, 5.41) is 14.2. The Bertz CT molecular complexity index is 1060. The van der Waals surface area contributed by atoms with Crippen molar-refractivity contribution in [2.24, 2.45) is 16.8 Å². The standard InChI is InChI=1S/C25H33N3O7/c1-8-34-25(31)22(13(2)3)27-23(29)19-15(6)26-16(7)20(24(30)35-14(4)5)21(19)17-10-9-11-18(12-17)28(32)33/h9-14,20-22H,8H2,1-7H3,(H,27,29)/t20?,21-,22+/m0/s1. The van der Waals surface area contributed by atoms with Gasteiger partial charge in [-0.05, 0) is 46.1 Å². The zero-order chi connectivity index (χ0) is 26.4. The van der Waals surface area contributed by atoms with Gasteiger partial charge in [-0.1, -0.05) is 26.0 Å². The van der Waals surface area contributed by atoms with Crippen LogP contribution in [0.4, 0.5) is 5.69 Å². The number of esters is 2. The first-order valence-corrected chi connectivity index (χ1v) is 11.6. The summed E-state index contributed by atoms with van der Waals surface area (Å²) in [5.74, 6) is -3.94. The number of benzene rings is 1. The molecule has 190 valence electrons. The molecule has 0 spiro atoms. The van der Waals surface area contributed by atoms with Crippen LogP contribution in [0.15, 0.2) is 40.5 Å². The summed E-state index contributed by atoms with van der Waals surface area (Å²) in [4.78, 5) is 54.6. The summed E-state index contributed by atoms with van der Waals surface area (Å²) in [6.45, 7) is 12.1. The number of carbonyl (C=O) groups excluding carboxylic acids is 3. The number of nitrogens with one attached hydrogen (secondary N) is 1. The summed E-state index contributed by atoms with van der Waals surface area (Å²) in [5.41, 5.74) is 1.11. The highest BCUT2D eigenvalue weighted by Crippen LogP contribution is 2.40. The second-order valence-electron chi connectivity index (χ2n) is 8.99. The number of aliphatic imine (C=N–C) groups is 1. The van der Waals surface area contributed by atoms with Gasteiger partial charge in [-0.2, -0.15) is 0 Å². The fourth-order valence-electron chi connectivity index (χ4n) is 4.08. The maximum absolute atomic E-state index is 13.6. The number of hydrogen-bond acceptors (Lipinski definition) is 8. The normalized spacial score (nSPS) is 18.7. The van der Waals surface area contributed by atoms with E-state index in [2.05, 4.69) is 10.3 Å². The van der Waals surface area contributed by atoms with Gasteiger partial charge in [-0.25, -0.2) is 4.79 Å². The SMILES string of the molecule is CCOC(=O)[C@H](NC(=O)C1=C(C)N=C(C)C(C(=O)OC(C)C)[C@H]1c1cccc([N+](=O)[O-])c1)C(C)C. The maximum Gasteiger partial charge on any atom is 0.328 e. The van der Waals surface area contributed by atoms with Gasteiger partial charge in [0.25, 0.3) is 5.69 Å². The molecule has 3 atom stereocenters. The maximum atomic E-state index is 13.6. The van der Waals surface area contributed by atoms with E-state index in [4.69, 9.17) is 9.47 Å². The number of carbonyl (C=O) groups is 3. The first kappa shape index (κ1) is 27.7. The van der Waals surface area contributed by atoms with Crippen molar-refractivity contribution in [3.63, 3.8) is 0 Å². The molecule has 1 aliphatic rings. The van der Waals surface area contributed by atoms with Crippen LogP contribution in [-0.2, 0) is 23.9 Å². The van der Waals surface area contributed by atoms with Crippen molar-refractivity contribution in [1.82, 2.24) is 5.32 Å². The van der Waals surface area contributed by atoms with Gasteiger partial charge in [-0.15, -0.1) is 0 Å². The molecule has 0 bridgehead atoms. The molecule has 0 saturated heterocycles. The van der Waals surface area contributed by atoms with E-state index in [1.165, 1.54) is 18.2 Å². The van der Waals surface area contributed by atoms with Crippen molar-refractivity contribution in [1.29, 1.82) is 0 Å². The fourth-order valence-corrected chi connectivity index (χ4v) is 4.08. The number of hydrogen-bond donors (Lipinski definition) is 1. The van der Waals surface area contributed by atoms with Crippen LogP contribution in [0.1, 0.15) is 59.9 Å². The summed E-state index contributed by atoms with van der Waals surface area (Å²) >= 11 is 0. The highest BCUT2D eigenvalue weighted by atomic mass is 16.6. The highest BCUT2D eigenvalue weighted by Gasteiger charge is 2.43. The van der Waals surface area contributed by atoms with Gasteiger partial charge >= 0.3 is 11.9 Å². The lowest BCUT2D eigenvalue weighted by atomic mass is 9.75. The Morgan fingerprint density at radius 2 is 1.83 bits per heavy atom. The van der Waals surface area contributed by atoms with Crippen molar-refractivity contribution in [3.8, 4) is 0 Å². The molecule has 1 amide bonds. The topological polar surface area (TPSA) is 137 Å². The lowest BCUT2D eigenvalue weighted by molar-refractivity contribution is -0.384. The molecule has 0 radical (unpaired) electrons. The van der Waals surface area contributed by atoms with Crippen molar-refractivity contribution in [3.05, 3.63) is 51.2 Å². The predicted molar refractivity (Wildman–Crippen MR) is 130 cm³/mol. The number of nitro benzene ring substituents is 1. The van der Waals surface area contributed by atoms with Crippen LogP contribution < -0.4 is 5.32 Å². The molecule has 2 rings (SSSR count). The van der Waals surface area contributed by atoms with Crippen molar-refractivity contribution in [2.45, 2.75) is 66.5 Å². The van der Waals surface area contributed by atoms with Crippen molar-refractivity contribution in [2.75, 3.05) is 6.61 Å². The zero-order valence-electron chi connectivity index (χ0n) is 21.2. The van der Waals surface area contributed by atoms with E-state index in [0.29, 0.717) is 17.0 Å². The van der Waals surface area contributed by atoms with Gasteiger partial charge in [0.1, 0.15) is 12.0 Å². The minimum absolute atomic E-state index is 0.136. The molecule has 35 heavy (non-hydrogen) atoms. The summed E-state index contributed by atoms with van der Waals surface area (Å²) in [6.07, 6.45) is -0.417. The Morgan fingerprint density at radius 1 is 1.17 bits per heavy atom. The number of nitro groups is 1. The second kappa shape index (κ2) is 11.7. The van der Waals surface area contributed by atoms with E-state index in [-0.39, 0.29) is 23.8 Å². The molecular weight excluding hydrogens is 454 g/mol. The smallest absolute Gasteiger partial charge is 0.328 e. The zero-order valence-corrected chi connectivity index (χ0v) is 21.2. The number of allylic oxidation sites excluding steroid dienone is 1. The molecule has 0 aromatic heterocycles. The Balaban J connectivity index is 2.64. The Kier molecular flexibility index (Phi) is 9.27. The molecule has 0 saturated carbocycles. The van der Waals surface area contributed by atoms with E-state index in [0.717, 1.165) is 0 Å². The van der Waals surface area contributed by atoms with Gasteiger partial charge < -0.3 is 14.8 Å². The van der Waals surface area contributed by atoms with Crippen LogP contribution in [0.5, 0.6) is 0 Å². The van der Waals surface area contributed by atoms with Crippen LogP contribution in [0.2, 0.25) is 0 Å². The van der Waals surface area contributed by atoms with E-state index in [1.54, 1.807) is 54.5 Å². The first-order valence-electron chi connectivity index (χ1n) is 11.6. The summed E-state index contributed by atoms with van der Waals surface area (Å²) < 4.78 is 10.6. The highest BCUT2D eigenvalue weighted by molar-refractivity contribution is 6.08. The van der Waals surface area contributed by atoms with Gasteiger partial charge in [0, 0.05) is 35.0 Å². The average Bonchev–Trinajstić information content (AvgIpc) is 2.76. The molecule has 1 aromatic carbocycles. The summed E-state index contributed by atoms with van der Waals surface area (Å²) in [6, 6.07) is 4.87. The van der Waals surface area contributed by atoms with E-state index < -0.39 is 46.8 Å². The molecule has 1 unspecified atom stereocenters. The number of rotatable bonds is 9. The quantitative estimate of drug-likeness (QED) is 0.318. The Labute approximate surface area is 204 Å². The van der Waals surface area contributed by atoms with E-state index in [9.17, 15) is 24.5 Å². The monoisotopic (exact) mass is 487 g/mol. The van der Waals surface area contributed by atoms with Gasteiger partial charge in [-0.3, -0.25) is 24.7 Å².